The first-order valence-electron chi connectivity index (χ1n) is 10.8. The minimum Gasteiger partial charge on any atom is -0.497 e. The van der Waals surface area contributed by atoms with E-state index in [1.54, 1.807) is 29.0 Å². The van der Waals surface area contributed by atoms with E-state index in [9.17, 15) is 9.59 Å². The fourth-order valence-electron chi connectivity index (χ4n) is 3.90. The summed E-state index contributed by atoms with van der Waals surface area (Å²) in [5.74, 6) is -0.215. The summed E-state index contributed by atoms with van der Waals surface area (Å²) in [4.78, 5) is 27.4. The van der Waals surface area contributed by atoms with E-state index in [1.807, 2.05) is 62.4 Å². The van der Waals surface area contributed by atoms with Crippen molar-refractivity contribution < 1.29 is 23.8 Å². The van der Waals surface area contributed by atoms with E-state index in [0.29, 0.717) is 30.1 Å². The van der Waals surface area contributed by atoms with E-state index in [2.05, 4.69) is 5.10 Å². The zero-order chi connectivity index (χ0) is 23.4. The summed E-state index contributed by atoms with van der Waals surface area (Å²) in [6.07, 6.45) is 1.50. The number of morpholine rings is 1. The molecule has 2 atom stereocenters. The van der Waals surface area contributed by atoms with Gasteiger partial charge in [0, 0.05) is 24.8 Å². The van der Waals surface area contributed by atoms with Gasteiger partial charge in [-0.2, -0.15) is 5.10 Å². The van der Waals surface area contributed by atoms with Crippen molar-refractivity contribution in [2.24, 2.45) is 0 Å². The largest absolute Gasteiger partial charge is 0.497 e. The van der Waals surface area contributed by atoms with Crippen molar-refractivity contribution in [3.05, 3.63) is 66.4 Å². The van der Waals surface area contributed by atoms with Gasteiger partial charge >= 0.3 is 5.97 Å². The van der Waals surface area contributed by atoms with Gasteiger partial charge in [-0.1, -0.05) is 30.3 Å². The van der Waals surface area contributed by atoms with E-state index < -0.39 is 5.97 Å². The Morgan fingerprint density at radius 3 is 2.48 bits per heavy atom. The average molecular weight is 450 g/mol. The van der Waals surface area contributed by atoms with E-state index in [4.69, 9.17) is 14.2 Å². The molecule has 8 heteroatoms. The third kappa shape index (κ3) is 5.23. The Labute approximate surface area is 192 Å². The molecule has 0 radical (unpaired) electrons. The Morgan fingerprint density at radius 2 is 1.79 bits per heavy atom. The molecule has 0 bridgehead atoms. The highest BCUT2D eigenvalue weighted by Gasteiger charge is 2.27. The van der Waals surface area contributed by atoms with E-state index >= 15 is 0 Å². The standard InChI is InChI=1S/C25H27N3O5/c1-17-13-27(14-18(2)33-17)23(29)16-32-25(30)22-15-28(20-9-5-4-6-10-20)26-24(22)19-8-7-11-21(12-19)31-3/h4-12,15,17-18H,13-14,16H2,1-3H3. The highest BCUT2D eigenvalue weighted by atomic mass is 16.5. The van der Waals surface area contributed by atoms with Gasteiger partial charge in [0.1, 0.15) is 17.0 Å². The number of carbonyl (C=O) groups is 2. The maximum absolute atomic E-state index is 13.1. The van der Waals surface area contributed by atoms with E-state index in [0.717, 1.165) is 5.69 Å². The quantitative estimate of drug-likeness (QED) is 0.537. The molecule has 33 heavy (non-hydrogen) atoms. The van der Waals surface area contributed by atoms with Gasteiger partial charge in [0.2, 0.25) is 0 Å². The van der Waals surface area contributed by atoms with Crippen molar-refractivity contribution in [1.29, 1.82) is 0 Å². The number of para-hydroxylation sites is 1. The average Bonchev–Trinajstić information content (AvgIpc) is 3.28. The summed E-state index contributed by atoms with van der Waals surface area (Å²) in [6, 6.07) is 16.8. The summed E-state index contributed by atoms with van der Waals surface area (Å²) in [6.45, 7) is 4.44. The Balaban J connectivity index is 1.58. The second kappa shape index (κ2) is 9.87. The minimum atomic E-state index is -0.613. The van der Waals surface area contributed by atoms with Crippen LogP contribution in [0.1, 0.15) is 24.2 Å². The van der Waals surface area contributed by atoms with Crippen LogP contribution in [0.15, 0.2) is 60.8 Å². The van der Waals surface area contributed by atoms with Crippen LogP contribution in [0.3, 0.4) is 0 Å². The predicted molar refractivity (Wildman–Crippen MR) is 122 cm³/mol. The molecule has 4 rings (SSSR count). The van der Waals surface area contributed by atoms with Crippen LogP contribution in [0.25, 0.3) is 16.9 Å². The normalized spacial score (nSPS) is 18.1. The molecule has 1 aliphatic heterocycles. The molecule has 2 heterocycles. The molecule has 0 saturated carbocycles. The highest BCUT2D eigenvalue weighted by Crippen LogP contribution is 2.27. The molecule has 2 aromatic carbocycles. The Hall–Kier alpha value is -3.65. The topological polar surface area (TPSA) is 82.9 Å². The highest BCUT2D eigenvalue weighted by molar-refractivity contribution is 5.97. The molecule has 3 aromatic rings. The monoisotopic (exact) mass is 449 g/mol. The molecular weight excluding hydrogens is 422 g/mol. The number of esters is 1. The SMILES string of the molecule is COc1cccc(-c2nn(-c3ccccc3)cc2C(=O)OCC(=O)N2CC(C)OC(C)C2)c1. The fourth-order valence-corrected chi connectivity index (χ4v) is 3.90. The number of aromatic nitrogens is 2. The van der Waals surface area contributed by atoms with Crippen LogP contribution in [0.2, 0.25) is 0 Å². The van der Waals surface area contributed by atoms with Gasteiger partial charge in [0.25, 0.3) is 5.91 Å². The molecule has 1 aromatic heterocycles. The summed E-state index contributed by atoms with van der Waals surface area (Å²) in [5.41, 5.74) is 2.22. The Bertz CT molecular complexity index is 1120. The van der Waals surface area contributed by atoms with Crippen molar-refractivity contribution in [1.82, 2.24) is 14.7 Å². The number of rotatable bonds is 6. The summed E-state index contributed by atoms with van der Waals surface area (Å²) in [5, 5.41) is 4.63. The molecular formula is C25H27N3O5. The zero-order valence-electron chi connectivity index (χ0n) is 18.9. The first-order chi connectivity index (χ1) is 15.9. The number of carbonyl (C=O) groups excluding carboxylic acids is 2. The van der Waals surface area contributed by atoms with Gasteiger partial charge in [-0.3, -0.25) is 4.79 Å². The van der Waals surface area contributed by atoms with Crippen LogP contribution in [-0.2, 0) is 14.3 Å². The summed E-state index contributed by atoms with van der Waals surface area (Å²) in [7, 11) is 1.58. The van der Waals surface area contributed by atoms with Crippen LogP contribution in [0, 0.1) is 0 Å². The maximum atomic E-state index is 13.1. The lowest BCUT2D eigenvalue weighted by Gasteiger charge is -2.35. The van der Waals surface area contributed by atoms with Gasteiger partial charge in [-0.15, -0.1) is 0 Å². The Kier molecular flexibility index (Phi) is 6.74. The number of methoxy groups -OCH3 is 1. The molecule has 172 valence electrons. The molecule has 8 nitrogen and oxygen atoms in total. The van der Waals surface area contributed by atoms with Crippen LogP contribution in [0.5, 0.6) is 5.75 Å². The smallest absolute Gasteiger partial charge is 0.342 e. The minimum absolute atomic E-state index is 0.0582. The number of hydrogen-bond donors (Lipinski definition) is 0. The van der Waals surface area contributed by atoms with E-state index in [1.165, 1.54) is 0 Å². The molecule has 0 spiro atoms. The molecule has 1 aliphatic rings. The number of amides is 1. The van der Waals surface area contributed by atoms with Gasteiger partial charge in [0.15, 0.2) is 6.61 Å². The van der Waals surface area contributed by atoms with Gasteiger partial charge in [-0.25, -0.2) is 9.48 Å². The fraction of sp³-hybridized carbons (Fsp3) is 0.320. The molecule has 2 unspecified atom stereocenters. The number of benzene rings is 2. The second-order valence-corrected chi connectivity index (χ2v) is 8.04. The van der Waals surface area contributed by atoms with Gasteiger partial charge in [-0.05, 0) is 38.1 Å². The van der Waals surface area contributed by atoms with Crippen molar-refractivity contribution >= 4 is 11.9 Å². The van der Waals surface area contributed by atoms with Crippen LogP contribution >= 0.6 is 0 Å². The molecule has 1 saturated heterocycles. The third-order valence-electron chi connectivity index (χ3n) is 5.40. The first kappa shape index (κ1) is 22.5. The van der Waals surface area contributed by atoms with Crippen molar-refractivity contribution in [2.75, 3.05) is 26.8 Å². The number of nitrogens with zero attached hydrogens (tertiary/aromatic N) is 3. The molecule has 1 fully saturated rings. The van der Waals surface area contributed by atoms with Crippen molar-refractivity contribution in [2.45, 2.75) is 26.1 Å². The lowest BCUT2D eigenvalue weighted by atomic mass is 10.1. The molecule has 1 amide bonds. The van der Waals surface area contributed by atoms with Crippen LogP contribution in [0.4, 0.5) is 0 Å². The summed E-state index contributed by atoms with van der Waals surface area (Å²) >= 11 is 0. The first-order valence-corrected chi connectivity index (χ1v) is 10.8. The Morgan fingerprint density at radius 1 is 1.06 bits per heavy atom. The number of hydrogen-bond acceptors (Lipinski definition) is 6. The summed E-state index contributed by atoms with van der Waals surface area (Å²) < 4.78 is 18.0. The number of ether oxygens (including phenoxy) is 3. The lowest BCUT2D eigenvalue weighted by Crippen LogP contribution is -2.49. The third-order valence-corrected chi connectivity index (χ3v) is 5.40. The van der Waals surface area contributed by atoms with Crippen LogP contribution < -0.4 is 4.74 Å². The zero-order valence-corrected chi connectivity index (χ0v) is 18.9. The maximum Gasteiger partial charge on any atom is 0.342 e. The van der Waals surface area contributed by atoms with E-state index in [-0.39, 0.29) is 30.3 Å². The second-order valence-electron chi connectivity index (χ2n) is 8.04. The molecule has 0 aliphatic carbocycles. The van der Waals surface area contributed by atoms with Gasteiger partial charge < -0.3 is 19.1 Å². The molecule has 0 N–H and O–H groups in total. The lowest BCUT2D eigenvalue weighted by molar-refractivity contribution is -0.146. The van der Waals surface area contributed by atoms with Crippen LogP contribution in [-0.4, -0.2) is 65.6 Å². The van der Waals surface area contributed by atoms with Crippen molar-refractivity contribution in [3.8, 4) is 22.7 Å². The van der Waals surface area contributed by atoms with Gasteiger partial charge in [0.05, 0.1) is 25.0 Å². The predicted octanol–water partition coefficient (Wildman–Crippen LogP) is 3.34. The van der Waals surface area contributed by atoms with Crippen molar-refractivity contribution in [3.63, 3.8) is 0 Å².